The smallest absolute Gasteiger partial charge is 0.199 e. The van der Waals surface area contributed by atoms with Gasteiger partial charge < -0.3 is 4.55 Å². The Balaban J connectivity index is 0.000000172. The lowest BCUT2D eigenvalue weighted by Crippen LogP contribution is -2.43. The van der Waals surface area contributed by atoms with Crippen LogP contribution < -0.4 is 10.5 Å². The quantitative estimate of drug-likeness (QED) is 0.517. The van der Waals surface area contributed by atoms with Crippen LogP contribution in [0.15, 0.2) is 41.6 Å². The number of hydrogen-bond donors (Lipinski definition) is 1. The van der Waals surface area contributed by atoms with Gasteiger partial charge in [0.2, 0.25) is 0 Å². The zero-order valence-corrected chi connectivity index (χ0v) is 14.4. The van der Waals surface area contributed by atoms with Crippen molar-refractivity contribution in [2.45, 2.75) is 44.4 Å². The average molecular weight is 334 g/mol. The zero-order valence-electron chi connectivity index (χ0n) is 13.6. The predicted octanol–water partition coefficient (Wildman–Crippen LogP) is 2.08. The number of nitrogen functional groups attached to an aromatic ring is 1. The fraction of sp³-hybridized carbons (Fsp3) is 0.353. The molecule has 1 aliphatic rings. The molecule has 3 rings (SSSR count). The van der Waals surface area contributed by atoms with Crippen LogP contribution in [0, 0.1) is 20.8 Å². The van der Waals surface area contributed by atoms with E-state index in [4.69, 9.17) is 5.84 Å². The van der Waals surface area contributed by atoms with Gasteiger partial charge in [-0.1, -0.05) is 22.4 Å². The second kappa shape index (κ2) is 6.68. The molecule has 6 heteroatoms. The van der Waals surface area contributed by atoms with Crippen molar-refractivity contribution < 1.29 is 17.6 Å². The fourth-order valence-corrected chi connectivity index (χ4v) is 3.61. The van der Waals surface area contributed by atoms with E-state index >= 15 is 0 Å². The van der Waals surface area contributed by atoms with E-state index in [1.54, 1.807) is 30.7 Å². The second-order valence-electron chi connectivity index (χ2n) is 6.03. The van der Waals surface area contributed by atoms with Crippen LogP contribution in [0.5, 0.6) is 0 Å². The molecule has 1 heterocycles. The molecule has 0 amide bonds. The molecule has 0 unspecified atom stereocenters. The van der Waals surface area contributed by atoms with Gasteiger partial charge in [-0.25, -0.2) is 14.3 Å². The molecule has 0 atom stereocenters. The summed E-state index contributed by atoms with van der Waals surface area (Å²) in [5, 5.41) is 0. The molecule has 23 heavy (non-hydrogen) atoms. The Kier molecular flexibility index (Phi) is 5.06. The van der Waals surface area contributed by atoms with E-state index in [0.29, 0.717) is 11.1 Å². The molecule has 1 saturated carbocycles. The first-order chi connectivity index (χ1) is 10.7. The van der Waals surface area contributed by atoms with Gasteiger partial charge in [0.05, 0.1) is 4.90 Å². The van der Waals surface area contributed by atoms with Crippen molar-refractivity contribution in [1.29, 1.82) is 0 Å². The number of benzene rings is 1. The summed E-state index contributed by atoms with van der Waals surface area (Å²) in [4.78, 5) is -0.0851. The van der Waals surface area contributed by atoms with Crippen molar-refractivity contribution in [3.63, 3.8) is 0 Å². The van der Waals surface area contributed by atoms with Crippen molar-refractivity contribution in [2.75, 3.05) is 5.84 Å². The summed E-state index contributed by atoms with van der Waals surface area (Å²) in [6.07, 6.45) is 6.50. The molecule has 0 saturated heterocycles. The normalized spacial score (nSPS) is 14.1. The van der Waals surface area contributed by atoms with Crippen LogP contribution in [-0.2, 0) is 10.1 Å². The van der Waals surface area contributed by atoms with Gasteiger partial charge >= 0.3 is 0 Å². The van der Waals surface area contributed by atoms with Crippen LogP contribution in [0.3, 0.4) is 0 Å². The molecule has 5 nitrogen and oxygen atoms in total. The topological polar surface area (TPSA) is 87.1 Å². The minimum absolute atomic E-state index is 0.0851. The number of aryl methyl sites for hydroxylation is 3. The molecule has 0 aliphatic heterocycles. The van der Waals surface area contributed by atoms with Gasteiger partial charge in [-0.3, -0.25) is 0 Å². The molecular formula is C17H22N2O3S. The van der Waals surface area contributed by atoms with Crippen molar-refractivity contribution in [1.82, 2.24) is 0 Å². The Labute approximate surface area is 137 Å². The lowest BCUT2D eigenvalue weighted by atomic mass is 10.1. The maximum absolute atomic E-state index is 10.8. The summed E-state index contributed by atoms with van der Waals surface area (Å²) in [5.41, 5.74) is 3.43. The van der Waals surface area contributed by atoms with Crippen molar-refractivity contribution in [3.05, 3.63) is 58.9 Å². The molecule has 124 valence electrons. The molecule has 1 aromatic carbocycles. The summed E-state index contributed by atoms with van der Waals surface area (Å²) < 4.78 is 34.1. The molecule has 0 radical (unpaired) electrons. The summed E-state index contributed by atoms with van der Waals surface area (Å²) in [6, 6.07) is 7.57. The summed E-state index contributed by atoms with van der Waals surface area (Å²) >= 11 is 0. The number of nitrogens with two attached hydrogens (primary N) is 1. The van der Waals surface area contributed by atoms with Crippen LogP contribution in [0.1, 0.15) is 41.0 Å². The van der Waals surface area contributed by atoms with Gasteiger partial charge in [0.15, 0.2) is 12.4 Å². The second-order valence-corrected chi connectivity index (χ2v) is 7.35. The third kappa shape index (κ3) is 4.77. The van der Waals surface area contributed by atoms with Gasteiger partial charge in [-0.15, -0.1) is 0 Å². The highest BCUT2D eigenvalue weighted by Gasteiger charge is 2.23. The van der Waals surface area contributed by atoms with Crippen LogP contribution in [-0.4, -0.2) is 13.0 Å². The van der Waals surface area contributed by atoms with Crippen molar-refractivity contribution >= 4 is 10.1 Å². The summed E-state index contributed by atoms with van der Waals surface area (Å²) in [6.45, 7) is 5.12. The lowest BCUT2D eigenvalue weighted by molar-refractivity contribution is -0.639. The maximum atomic E-state index is 10.8. The van der Waals surface area contributed by atoms with E-state index < -0.39 is 10.1 Å². The highest BCUT2D eigenvalue weighted by Crippen LogP contribution is 2.39. The van der Waals surface area contributed by atoms with E-state index in [2.05, 4.69) is 12.1 Å². The molecule has 2 N–H and O–H groups in total. The Morgan fingerprint density at radius 3 is 1.96 bits per heavy atom. The van der Waals surface area contributed by atoms with E-state index in [1.165, 1.54) is 18.4 Å². The van der Waals surface area contributed by atoms with Crippen molar-refractivity contribution in [2.24, 2.45) is 0 Å². The number of rotatable bonds is 2. The number of aromatic nitrogens is 1. The lowest BCUT2D eigenvalue weighted by Gasteiger charge is -2.14. The highest BCUT2D eigenvalue weighted by atomic mass is 32.2. The fourth-order valence-electron chi connectivity index (χ4n) is 2.70. The molecule has 2 aromatic rings. The summed E-state index contributed by atoms with van der Waals surface area (Å²) in [5.74, 6) is 6.30. The van der Waals surface area contributed by atoms with Gasteiger partial charge in [-0.05, 0) is 56.2 Å². The van der Waals surface area contributed by atoms with Gasteiger partial charge in [0, 0.05) is 12.1 Å². The highest BCUT2D eigenvalue weighted by molar-refractivity contribution is 7.85. The molecule has 0 bridgehead atoms. The standard InChI is InChI=1S/C9H12O3S.C8H11N2/c1-6-4-7(2)9(8(3)5-6)13(10,11)12;9-10-5-3-8(4-6-10)7-1-2-7/h4-5H,1-3H3,(H,10,11,12);3-7H,1-2,9H2/q;+1/p-1. The third-order valence-corrected chi connectivity index (χ3v) is 4.93. The monoisotopic (exact) mass is 334 g/mol. The van der Waals surface area contributed by atoms with Crippen LogP contribution >= 0.6 is 0 Å². The SMILES string of the molecule is Cc1cc(C)c(S(=O)(=O)[O-])c(C)c1.N[n+]1ccc(C2CC2)cc1. The van der Waals surface area contributed by atoms with Gasteiger partial charge in [0.1, 0.15) is 10.1 Å². The molecular weight excluding hydrogens is 312 g/mol. The number of hydrogen-bond acceptors (Lipinski definition) is 4. The molecule has 1 aromatic heterocycles. The number of nitrogens with zero attached hydrogens (tertiary/aromatic N) is 1. The van der Waals surface area contributed by atoms with E-state index in [-0.39, 0.29) is 4.90 Å². The van der Waals surface area contributed by atoms with E-state index in [9.17, 15) is 13.0 Å². The third-order valence-electron chi connectivity index (χ3n) is 3.78. The minimum Gasteiger partial charge on any atom is -0.744 e. The Bertz CT molecular complexity index is 772. The largest absolute Gasteiger partial charge is 0.744 e. The molecule has 0 spiro atoms. The molecule has 1 aliphatic carbocycles. The summed E-state index contributed by atoms with van der Waals surface area (Å²) in [7, 11) is -4.33. The first-order valence-electron chi connectivity index (χ1n) is 7.48. The van der Waals surface area contributed by atoms with E-state index in [0.717, 1.165) is 11.5 Å². The van der Waals surface area contributed by atoms with Crippen LogP contribution in [0.25, 0.3) is 0 Å². The predicted molar refractivity (Wildman–Crippen MR) is 87.4 cm³/mol. The first kappa shape index (κ1) is 17.4. The Morgan fingerprint density at radius 1 is 1.09 bits per heavy atom. The van der Waals surface area contributed by atoms with Crippen LogP contribution in [0.4, 0.5) is 0 Å². The number of pyridine rings is 1. The maximum Gasteiger partial charge on any atom is 0.199 e. The molecule has 1 fully saturated rings. The van der Waals surface area contributed by atoms with Crippen molar-refractivity contribution in [3.8, 4) is 0 Å². The van der Waals surface area contributed by atoms with E-state index in [1.807, 2.05) is 19.3 Å². The van der Waals surface area contributed by atoms with Gasteiger partial charge in [0.25, 0.3) is 0 Å². The average Bonchev–Trinajstić information content (AvgIpc) is 3.21. The Hall–Kier alpha value is -1.92. The van der Waals surface area contributed by atoms with Gasteiger partial charge in [-0.2, -0.15) is 0 Å². The zero-order chi connectivity index (χ0) is 17.2. The first-order valence-corrected chi connectivity index (χ1v) is 8.89. The minimum atomic E-state index is -4.33. The van der Waals surface area contributed by atoms with Crippen LogP contribution in [0.2, 0.25) is 0 Å². The Morgan fingerprint density at radius 2 is 1.57 bits per heavy atom.